The van der Waals surface area contributed by atoms with Gasteiger partial charge in [-0.2, -0.15) is 10.2 Å². The van der Waals surface area contributed by atoms with Crippen molar-refractivity contribution >= 4 is 46.9 Å². The first-order valence-corrected chi connectivity index (χ1v) is 9.29. The summed E-state index contributed by atoms with van der Waals surface area (Å²) in [5, 5.41) is 9.53. The van der Waals surface area contributed by atoms with Crippen molar-refractivity contribution in [3.8, 4) is 11.4 Å². The highest BCUT2D eigenvalue weighted by molar-refractivity contribution is 6.34. The molecule has 1 heterocycles. The van der Waals surface area contributed by atoms with E-state index in [-0.39, 0.29) is 6.61 Å². The quantitative estimate of drug-likeness (QED) is 0.450. The van der Waals surface area contributed by atoms with Gasteiger partial charge in [-0.3, -0.25) is 4.79 Å². The van der Waals surface area contributed by atoms with Gasteiger partial charge >= 0.3 is 0 Å². The smallest absolute Gasteiger partial charge is 0.277 e. The van der Waals surface area contributed by atoms with Crippen LogP contribution >= 0.6 is 34.8 Å². The Hall–Kier alpha value is -2.54. The third kappa shape index (κ3) is 4.84. The van der Waals surface area contributed by atoms with E-state index in [9.17, 15) is 4.79 Å². The number of para-hydroxylation sites is 1. The van der Waals surface area contributed by atoms with E-state index in [2.05, 4.69) is 15.6 Å². The molecule has 1 N–H and O–H groups in total. The SMILES string of the molecule is Cc1nn(-c2ccccc2)c(Cl)c1/C=N/NC(=O)COc1cc(Cl)ccc1Cl. The zero-order valence-corrected chi connectivity index (χ0v) is 17.0. The molecule has 3 rings (SSSR count). The number of halogens is 3. The van der Waals surface area contributed by atoms with Crippen LogP contribution in [0.15, 0.2) is 53.6 Å². The summed E-state index contributed by atoms with van der Waals surface area (Å²) in [6, 6.07) is 14.2. The van der Waals surface area contributed by atoms with Gasteiger partial charge in [-0.15, -0.1) is 0 Å². The lowest BCUT2D eigenvalue weighted by Crippen LogP contribution is -2.24. The second-order valence-corrected chi connectivity index (χ2v) is 6.90. The minimum Gasteiger partial charge on any atom is -0.482 e. The van der Waals surface area contributed by atoms with E-state index in [1.807, 2.05) is 30.3 Å². The molecule has 0 aliphatic rings. The van der Waals surface area contributed by atoms with E-state index in [1.54, 1.807) is 23.7 Å². The van der Waals surface area contributed by atoms with Gasteiger partial charge in [-0.25, -0.2) is 10.1 Å². The molecule has 0 fully saturated rings. The number of amides is 1. The summed E-state index contributed by atoms with van der Waals surface area (Å²) in [5.74, 6) is -0.146. The largest absolute Gasteiger partial charge is 0.482 e. The summed E-state index contributed by atoms with van der Waals surface area (Å²) in [4.78, 5) is 11.9. The van der Waals surface area contributed by atoms with E-state index >= 15 is 0 Å². The van der Waals surface area contributed by atoms with Crippen molar-refractivity contribution in [3.63, 3.8) is 0 Å². The summed E-state index contributed by atoms with van der Waals surface area (Å²) in [7, 11) is 0. The second-order valence-electron chi connectivity index (χ2n) is 5.69. The fraction of sp³-hybridized carbons (Fsp3) is 0.105. The minimum absolute atomic E-state index is 0.270. The number of hydrogen-bond donors (Lipinski definition) is 1. The van der Waals surface area contributed by atoms with Gasteiger partial charge in [0.25, 0.3) is 5.91 Å². The van der Waals surface area contributed by atoms with E-state index in [0.29, 0.717) is 32.2 Å². The normalized spacial score (nSPS) is 11.0. The Morgan fingerprint density at radius 3 is 2.71 bits per heavy atom. The highest BCUT2D eigenvalue weighted by Crippen LogP contribution is 2.27. The van der Waals surface area contributed by atoms with Gasteiger partial charge in [0.1, 0.15) is 10.9 Å². The zero-order valence-electron chi connectivity index (χ0n) is 14.7. The number of aromatic nitrogens is 2. The van der Waals surface area contributed by atoms with Crippen LogP contribution in [0, 0.1) is 6.92 Å². The van der Waals surface area contributed by atoms with Crippen LogP contribution in [0.25, 0.3) is 5.69 Å². The Bertz CT molecular complexity index is 1020. The molecule has 0 unspecified atom stereocenters. The number of nitrogens with zero attached hydrogens (tertiary/aromatic N) is 3. The number of hydrazone groups is 1. The number of benzene rings is 2. The molecule has 0 bridgehead atoms. The molecule has 0 saturated heterocycles. The van der Waals surface area contributed by atoms with Crippen molar-refractivity contribution in [2.24, 2.45) is 5.10 Å². The topological polar surface area (TPSA) is 68.5 Å². The number of ether oxygens (including phenoxy) is 1. The van der Waals surface area contributed by atoms with Crippen LogP contribution in [0.5, 0.6) is 5.75 Å². The molecule has 0 saturated carbocycles. The van der Waals surface area contributed by atoms with E-state index in [4.69, 9.17) is 39.5 Å². The predicted octanol–water partition coefficient (Wildman–Crippen LogP) is 4.67. The maximum Gasteiger partial charge on any atom is 0.277 e. The number of aryl methyl sites for hydroxylation is 1. The highest BCUT2D eigenvalue weighted by atomic mass is 35.5. The number of carbonyl (C=O) groups is 1. The molecule has 0 aliphatic heterocycles. The van der Waals surface area contributed by atoms with Crippen LogP contribution in [0.1, 0.15) is 11.3 Å². The summed E-state index contributed by atoms with van der Waals surface area (Å²) >= 11 is 18.3. The van der Waals surface area contributed by atoms with Gasteiger partial charge in [-0.1, -0.05) is 53.0 Å². The van der Waals surface area contributed by atoms with Crippen molar-refractivity contribution in [2.45, 2.75) is 6.92 Å². The maximum atomic E-state index is 11.9. The monoisotopic (exact) mass is 436 g/mol. The number of rotatable bonds is 6. The lowest BCUT2D eigenvalue weighted by Gasteiger charge is -2.07. The van der Waals surface area contributed by atoms with E-state index in [0.717, 1.165) is 5.69 Å². The van der Waals surface area contributed by atoms with Crippen molar-refractivity contribution in [1.82, 2.24) is 15.2 Å². The number of hydrogen-bond acceptors (Lipinski definition) is 4. The zero-order chi connectivity index (χ0) is 20.1. The third-order valence-electron chi connectivity index (χ3n) is 3.68. The Kier molecular flexibility index (Phi) is 6.57. The first kappa shape index (κ1) is 20.2. The van der Waals surface area contributed by atoms with Crippen LogP contribution in [-0.4, -0.2) is 28.5 Å². The Balaban J connectivity index is 1.62. The fourth-order valence-corrected chi connectivity index (χ4v) is 2.99. The minimum atomic E-state index is -0.462. The summed E-state index contributed by atoms with van der Waals surface area (Å²) < 4.78 is 6.95. The molecule has 144 valence electrons. The van der Waals surface area contributed by atoms with E-state index < -0.39 is 5.91 Å². The Labute approximate surface area is 176 Å². The molecule has 3 aromatic rings. The van der Waals surface area contributed by atoms with Gasteiger partial charge in [0.15, 0.2) is 6.61 Å². The van der Waals surface area contributed by atoms with Crippen molar-refractivity contribution in [1.29, 1.82) is 0 Å². The Morgan fingerprint density at radius 1 is 1.21 bits per heavy atom. The van der Waals surface area contributed by atoms with Crippen molar-refractivity contribution in [2.75, 3.05) is 6.61 Å². The molecular weight excluding hydrogens is 423 g/mol. The average Bonchev–Trinajstić information content (AvgIpc) is 2.97. The lowest BCUT2D eigenvalue weighted by molar-refractivity contribution is -0.123. The molecule has 0 aliphatic carbocycles. The fourth-order valence-electron chi connectivity index (χ4n) is 2.33. The number of carbonyl (C=O) groups excluding carboxylic acids is 1. The van der Waals surface area contributed by atoms with Gasteiger partial charge in [0.05, 0.1) is 28.2 Å². The summed E-state index contributed by atoms with van der Waals surface area (Å²) in [5.41, 5.74) is 4.47. The molecule has 0 radical (unpaired) electrons. The Morgan fingerprint density at radius 2 is 1.96 bits per heavy atom. The van der Waals surface area contributed by atoms with E-state index in [1.165, 1.54) is 12.3 Å². The third-order valence-corrected chi connectivity index (χ3v) is 4.59. The van der Waals surface area contributed by atoms with Crippen LogP contribution in [0.2, 0.25) is 15.2 Å². The van der Waals surface area contributed by atoms with Crippen LogP contribution in [0.4, 0.5) is 0 Å². The summed E-state index contributed by atoms with van der Waals surface area (Å²) in [6.45, 7) is 1.53. The molecule has 6 nitrogen and oxygen atoms in total. The molecule has 2 aromatic carbocycles. The molecule has 1 amide bonds. The molecule has 28 heavy (non-hydrogen) atoms. The van der Waals surface area contributed by atoms with Crippen molar-refractivity contribution in [3.05, 3.63) is 75.0 Å². The van der Waals surface area contributed by atoms with Gasteiger partial charge in [0.2, 0.25) is 0 Å². The lowest BCUT2D eigenvalue weighted by atomic mass is 10.3. The molecule has 0 atom stereocenters. The molecule has 0 spiro atoms. The highest BCUT2D eigenvalue weighted by Gasteiger charge is 2.13. The predicted molar refractivity (Wildman–Crippen MR) is 111 cm³/mol. The van der Waals surface area contributed by atoms with Gasteiger partial charge in [-0.05, 0) is 31.2 Å². The van der Waals surface area contributed by atoms with Crippen LogP contribution in [-0.2, 0) is 4.79 Å². The maximum absolute atomic E-state index is 11.9. The second kappa shape index (κ2) is 9.10. The number of nitrogens with one attached hydrogen (secondary N) is 1. The average molecular weight is 438 g/mol. The van der Waals surface area contributed by atoms with Gasteiger partial charge in [0, 0.05) is 11.1 Å². The van der Waals surface area contributed by atoms with Crippen LogP contribution < -0.4 is 10.2 Å². The molecular formula is C19H15Cl3N4O2. The molecule has 9 heteroatoms. The first-order valence-electron chi connectivity index (χ1n) is 8.16. The van der Waals surface area contributed by atoms with Crippen molar-refractivity contribution < 1.29 is 9.53 Å². The summed E-state index contributed by atoms with van der Waals surface area (Å²) in [6.07, 6.45) is 1.44. The molecule has 1 aromatic heterocycles. The van der Waals surface area contributed by atoms with Gasteiger partial charge < -0.3 is 4.74 Å². The standard InChI is InChI=1S/C19H15Cl3N4O2/c1-12-15(19(22)26(25-12)14-5-3-2-4-6-14)10-23-24-18(27)11-28-17-9-13(20)7-8-16(17)21/h2-10H,11H2,1H3,(H,24,27)/b23-10+. The first-order chi connectivity index (χ1) is 13.5. The van der Waals surface area contributed by atoms with Crippen LogP contribution in [0.3, 0.4) is 0 Å².